The van der Waals surface area contributed by atoms with Gasteiger partial charge in [0.15, 0.2) is 16.6 Å². The number of hydrogen-bond donors (Lipinski definition) is 0. The third-order valence-corrected chi connectivity index (χ3v) is 17.1. The molecule has 0 unspecified atom stereocenters. The van der Waals surface area contributed by atoms with Crippen LogP contribution in [0.2, 0.25) is 36.3 Å². The van der Waals surface area contributed by atoms with Gasteiger partial charge in [-0.25, -0.2) is 0 Å². The minimum atomic E-state index is -2.05. The maximum Gasteiger partial charge on any atom is 0.192 e. The predicted molar refractivity (Wildman–Crippen MR) is 146 cm³/mol. The molecule has 6 atom stereocenters. The first-order valence-corrected chi connectivity index (χ1v) is 18.1. The van der Waals surface area contributed by atoms with E-state index in [1.165, 1.54) is 0 Å². The molecule has 0 aliphatic carbocycles. The Hall–Kier alpha value is -0.496. The first kappa shape index (κ1) is 31.5. The topological polar surface area (TPSA) is 35.5 Å². The smallest absolute Gasteiger partial charge is 0.192 e. The minimum Gasteiger partial charge on any atom is -0.413 e. The molecule has 0 rings (SSSR count). The van der Waals surface area contributed by atoms with E-state index in [1.807, 2.05) is 26.0 Å². The van der Waals surface area contributed by atoms with Crippen LogP contribution in [0.4, 0.5) is 0 Å². The minimum absolute atomic E-state index is 0.0753. The van der Waals surface area contributed by atoms with Crippen LogP contribution >= 0.6 is 0 Å². The number of hydrogen-bond acceptors (Lipinski definition) is 3. The van der Waals surface area contributed by atoms with Gasteiger partial charge in [-0.05, 0) is 48.1 Å². The van der Waals surface area contributed by atoms with E-state index in [4.69, 9.17) is 8.85 Å². The van der Waals surface area contributed by atoms with Crippen molar-refractivity contribution < 1.29 is 13.6 Å². The van der Waals surface area contributed by atoms with Crippen molar-refractivity contribution in [3.8, 4) is 0 Å². The molecule has 0 aromatic heterocycles. The van der Waals surface area contributed by atoms with Gasteiger partial charge in [0.2, 0.25) is 0 Å². The van der Waals surface area contributed by atoms with Gasteiger partial charge in [-0.2, -0.15) is 0 Å². The Labute approximate surface area is 202 Å². The molecule has 0 amide bonds. The Balaban J connectivity index is 6.02. The summed E-state index contributed by atoms with van der Waals surface area (Å²) in [6.07, 6.45) is 3.47. The van der Waals surface area contributed by atoms with Crippen LogP contribution in [0, 0.1) is 23.7 Å². The summed E-state index contributed by atoms with van der Waals surface area (Å²) in [5.41, 5.74) is 0. The van der Waals surface area contributed by atoms with Crippen molar-refractivity contribution in [2.45, 2.75) is 118 Å². The second-order valence-electron chi connectivity index (χ2n) is 12.9. The van der Waals surface area contributed by atoms with Crippen LogP contribution in [0.3, 0.4) is 0 Å². The Morgan fingerprint density at radius 2 is 0.938 bits per heavy atom. The summed E-state index contributed by atoms with van der Waals surface area (Å²) in [5.74, 6) is -0.0946. The van der Waals surface area contributed by atoms with Crippen molar-refractivity contribution in [3.63, 3.8) is 0 Å². The van der Waals surface area contributed by atoms with Gasteiger partial charge in [-0.15, -0.1) is 13.2 Å². The summed E-state index contributed by atoms with van der Waals surface area (Å²) >= 11 is 0. The van der Waals surface area contributed by atoms with Gasteiger partial charge in [-0.3, -0.25) is 4.79 Å². The number of ketones is 1. The molecule has 0 spiro atoms. The molecule has 0 N–H and O–H groups in total. The SMILES string of the molecule is C=C[C@@H](C)[C@H](O[Si](C)(C)C(C)(C)C)[C@@H](C)C(=O)[C@@H](C)[C@H](O[Si](C)(C)C(C)(C)C)[C@@H](C)C=C. The van der Waals surface area contributed by atoms with Crippen molar-refractivity contribution in [1.29, 1.82) is 0 Å². The van der Waals surface area contributed by atoms with Crippen molar-refractivity contribution in [2.24, 2.45) is 23.7 Å². The Morgan fingerprint density at radius 3 is 1.12 bits per heavy atom. The highest BCUT2D eigenvalue weighted by Crippen LogP contribution is 2.41. The average molecular weight is 483 g/mol. The van der Waals surface area contributed by atoms with Crippen molar-refractivity contribution in [1.82, 2.24) is 0 Å². The molecule has 0 fully saturated rings. The molecule has 0 saturated carbocycles. The lowest BCUT2D eigenvalue weighted by Gasteiger charge is -2.44. The number of carbonyl (C=O) groups excluding carboxylic acids is 1. The zero-order chi connectivity index (χ0) is 25.9. The maximum absolute atomic E-state index is 13.8. The molecule has 32 heavy (non-hydrogen) atoms. The molecule has 0 heterocycles. The van der Waals surface area contributed by atoms with Crippen LogP contribution in [0.5, 0.6) is 0 Å². The molecular formula is C27H54O3Si2. The lowest BCUT2D eigenvalue weighted by molar-refractivity contribution is -0.133. The zero-order valence-electron chi connectivity index (χ0n) is 23.8. The summed E-state index contributed by atoms with van der Waals surface area (Å²) in [6.45, 7) is 38.7. The van der Waals surface area contributed by atoms with E-state index in [-0.39, 0.29) is 51.7 Å². The first-order valence-electron chi connectivity index (χ1n) is 12.3. The Bertz CT molecular complexity index is 586. The quantitative estimate of drug-likeness (QED) is 0.207. The van der Waals surface area contributed by atoms with Crippen LogP contribution in [-0.4, -0.2) is 34.6 Å². The lowest BCUT2D eigenvalue weighted by Crippen LogP contribution is -2.51. The Morgan fingerprint density at radius 1 is 0.688 bits per heavy atom. The van der Waals surface area contributed by atoms with E-state index in [0.717, 1.165) is 0 Å². The standard InChI is InChI=1S/C27H54O3Si2/c1-17-19(3)24(29-31(13,14)26(7,8)9)21(5)23(28)22(6)25(20(4)18-2)30-32(15,16)27(10,11)12/h17-22,24-25H,1-2H2,3-16H3/t19-,20+,21+,22-,24+,25-. The second-order valence-corrected chi connectivity index (χ2v) is 22.4. The van der Waals surface area contributed by atoms with Gasteiger partial charge in [-0.1, -0.05) is 81.4 Å². The highest BCUT2D eigenvalue weighted by atomic mass is 28.4. The summed E-state index contributed by atoms with van der Waals surface area (Å²) in [4.78, 5) is 13.8. The van der Waals surface area contributed by atoms with Crippen LogP contribution in [0.15, 0.2) is 25.3 Å². The Kier molecular flexibility index (Phi) is 11.1. The molecule has 188 valence electrons. The van der Waals surface area contributed by atoms with Gasteiger partial charge in [0.1, 0.15) is 5.78 Å². The second kappa shape index (κ2) is 11.3. The molecule has 0 saturated heterocycles. The van der Waals surface area contributed by atoms with E-state index in [1.54, 1.807) is 0 Å². The highest BCUT2D eigenvalue weighted by Gasteiger charge is 2.45. The van der Waals surface area contributed by atoms with E-state index in [2.05, 4.69) is 94.7 Å². The van der Waals surface area contributed by atoms with Gasteiger partial charge in [0.05, 0.1) is 12.2 Å². The summed E-state index contributed by atoms with van der Waals surface area (Å²) < 4.78 is 13.6. The fourth-order valence-electron chi connectivity index (χ4n) is 3.37. The fraction of sp³-hybridized carbons (Fsp3) is 0.815. The van der Waals surface area contributed by atoms with Crippen molar-refractivity contribution >= 4 is 22.4 Å². The number of carbonyl (C=O) groups is 1. The van der Waals surface area contributed by atoms with Crippen LogP contribution in [0.1, 0.15) is 69.2 Å². The highest BCUT2D eigenvalue weighted by molar-refractivity contribution is 6.74. The number of rotatable bonds is 12. The predicted octanol–water partition coefficient (Wildman–Crippen LogP) is 8.25. The maximum atomic E-state index is 13.8. The molecule has 0 bridgehead atoms. The molecule has 0 aliphatic heterocycles. The third kappa shape index (κ3) is 7.78. The largest absolute Gasteiger partial charge is 0.413 e. The normalized spacial score (nSPS) is 19.4. The molecule has 0 radical (unpaired) electrons. The zero-order valence-corrected chi connectivity index (χ0v) is 25.8. The van der Waals surface area contributed by atoms with Crippen LogP contribution < -0.4 is 0 Å². The van der Waals surface area contributed by atoms with Crippen LogP contribution in [-0.2, 0) is 13.6 Å². The van der Waals surface area contributed by atoms with Gasteiger partial charge < -0.3 is 8.85 Å². The molecular weight excluding hydrogens is 428 g/mol. The van der Waals surface area contributed by atoms with E-state index in [0.29, 0.717) is 0 Å². The monoisotopic (exact) mass is 482 g/mol. The van der Waals surface area contributed by atoms with Gasteiger partial charge in [0.25, 0.3) is 0 Å². The molecule has 0 aromatic carbocycles. The molecule has 0 aliphatic rings. The molecule has 0 aromatic rings. The lowest BCUT2D eigenvalue weighted by atomic mass is 9.81. The summed E-state index contributed by atoms with van der Waals surface area (Å²) in [7, 11) is -4.10. The fourth-order valence-corrected chi connectivity index (χ4v) is 6.28. The summed E-state index contributed by atoms with van der Waals surface area (Å²) in [5, 5.41) is 0.151. The van der Waals surface area contributed by atoms with E-state index in [9.17, 15) is 4.79 Å². The third-order valence-electron chi connectivity index (χ3n) is 8.14. The van der Waals surface area contributed by atoms with Crippen molar-refractivity contribution in [3.05, 3.63) is 25.3 Å². The average Bonchev–Trinajstić information content (AvgIpc) is 2.65. The molecule has 3 nitrogen and oxygen atoms in total. The van der Waals surface area contributed by atoms with E-state index < -0.39 is 16.6 Å². The van der Waals surface area contributed by atoms with Crippen LogP contribution in [0.25, 0.3) is 0 Å². The van der Waals surface area contributed by atoms with Gasteiger partial charge >= 0.3 is 0 Å². The first-order chi connectivity index (χ1) is 14.1. The number of Topliss-reactive ketones (excluding diaryl/α,β-unsaturated/α-hetero) is 1. The summed E-state index contributed by atoms with van der Waals surface area (Å²) in [6, 6.07) is 0. The molecule has 5 heteroatoms. The van der Waals surface area contributed by atoms with Crippen molar-refractivity contribution in [2.75, 3.05) is 0 Å². The van der Waals surface area contributed by atoms with Gasteiger partial charge in [0, 0.05) is 11.8 Å². The van der Waals surface area contributed by atoms with E-state index >= 15 is 0 Å².